The minimum atomic E-state index is -0.655. The van der Waals surface area contributed by atoms with Crippen molar-refractivity contribution in [1.82, 2.24) is 10.5 Å². The van der Waals surface area contributed by atoms with Gasteiger partial charge in [0, 0.05) is 29.6 Å². The fraction of sp³-hybridized carbons (Fsp3) is 0.0476. The molecule has 29 heavy (non-hydrogen) atoms. The van der Waals surface area contributed by atoms with Crippen LogP contribution < -0.4 is 15.5 Å². The van der Waals surface area contributed by atoms with Crippen LogP contribution in [0.5, 0.6) is 11.5 Å². The van der Waals surface area contributed by atoms with Gasteiger partial charge in [0.25, 0.3) is 5.91 Å². The molecule has 0 atom stereocenters. The minimum Gasteiger partial charge on any atom is -0.457 e. The van der Waals surface area contributed by atoms with Crippen LogP contribution in [-0.2, 0) is 11.3 Å². The molecule has 0 aliphatic rings. The highest BCUT2D eigenvalue weighted by atomic mass is 35.5. The van der Waals surface area contributed by atoms with E-state index in [1.165, 1.54) is 12.2 Å². The van der Waals surface area contributed by atoms with Crippen LogP contribution in [0.4, 0.5) is 5.69 Å². The zero-order valence-corrected chi connectivity index (χ0v) is 16.6. The zero-order valence-electron chi connectivity index (χ0n) is 15.1. The molecule has 0 saturated heterocycles. The summed E-state index contributed by atoms with van der Waals surface area (Å²) < 4.78 is 5.90. The number of nitrogens with one attached hydrogen (secondary N) is 2. The van der Waals surface area contributed by atoms with Crippen LogP contribution in [0.15, 0.2) is 66.9 Å². The van der Waals surface area contributed by atoms with Gasteiger partial charge in [0.2, 0.25) is 0 Å². The van der Waals surface area contributed by atoms with Gasteiger partial charge in [-0.2, -0.15) is 0 Å². The van der Waals surface area contributed by atoms with E-state index in [1.54, 1.807) is 35.9 Å². The molecule has 0 saturated carbocycles. The van der Waals surface area contributed by atoms with Crippen molar-refractivity contribution in [2.45, 2.75) is 6.54 Å². The number of carbonyl (C=O) groups is 1. The van der Waals surface area contributed by atoms with E-state index >= 15 is 0 Å². The molecular weight excluding hydrogens is 413 g/mol. The normalized spacial score (nSPS) is 10.7. The van der Waals surface area contributed by atoms with Crippen LogP contribution in [0.2, 0.25) is 10.0 Å². The molecule has 1 amide bonds. The van der Waals surface area contributed by atoms with Crippen molar-refractivity contribution in [2.75, 3.05) is 5.32 Å². The van der Waals surface area contributed by atoms with E-state index in [1.807, 2.05) is 30.3 Å². The van der Waals surface area contributed by atoms with Gasteiger partial charge in [-0.05, 0) is 48.5 Å². The molecular formula is C21H17Cl2N3O3. The van der Waals surface area contributed by atoms with Crippen molar-refractivity contribution < 1.29 is 14.7 Å². The summed E-state index contributed by atoms with van der Waals surface area (Å²) in [6, 6.07) is 16.0. The van der Waals surface area contributed by atoms with Crippen LogP contribution in [0.1, 0.15) is 11.3 Å². The van der Waals surface area contributed by atoms with Gasteiger partial charge in [-0.25, -0.2) is 5.48 Å². The molecule has 6 nitrogen and oxygen atoms in total. The van der Waals surface area contributed by atoms with Crippen molar-refractivity contribution >= 4 is 40.9 Å². The average molecular weight is 430 g/mol. The first-order valence-corrected chi connectivity index (χ1v) is 9.33. The second-order valence-electron chi connectivity index (χ2n) is 5.91. The Kier molecular flexibility index (Phi) is 7.08. The lowest BCUT2D eigenvalue weighted by atomic mass is 10.1. The summed E-state index contributed by atoms with van der Waals surface area (Å²) >= 11 is 12.0. The summed E-state index contributed by atoms with van der Waals surface area (Å²) in [4.78, 5) is 15.7. The Morgan fingerprint density at radius 2 is 1.97 bits per heavy atom. The Bertz CT molecular complexity index is 1030. The van der Waals surface area contributed by atoms with E-state index in [0.29, 0.717) is 33.7 Å². The third kappa shape index (κ3) is 5.96. The second kappa shape index (κ2) is 9.93. The van der Waals surface area contributed by atoms with Crippen LogP contribution in [0.25, 0.3) is 6.08 Å². The summed E-state index contributed by atoms with van der Waals surface area (Å²) in [5.74, 6) is 0.334. The molecule has 3 aromatic rings. The number of benzene rings is 2. The maximum Gasteiger partial charge on any atom is 0.267 e. The molecule has 0 aliphatic heterocycles. The van der Waals surface area contributed by atoms with Crippen LogP contribution >= 0.6 is 23.2 Å². The molecule has 8 heteroatoms. The van der Waals surface area contributed by atoms with Gasteiger partial charge in [-0.1, -0.05) is 29.3 Å². The quantitative estimate of drug-likeness (QED) is 0.269. The number of pyridine rings is 1. The predicted octanol–water partition coefficient (Wildman–Crippen LogP) is 5.31. The zero-order chi connectivity index (χ0) is 20.6. The third-order valence-electron chi connectivity index (χ3n) is 3.85. The summed E-state index contributed by atoms with van der Waals surface area (Å²) in [7, 11) is 0. The molecule has 3 N–H and O–H groups in total. The number of hydroxylamine groups is 1. The Balaban J connectivity index is 1.84. The highest BCUT2D eigenvalue weighted by molar-refractivity contribution is 6.42. The van der Waals surface area contributed by atoms with Gasteiger partial charge in [0.1, 0.15) is 11.5 Å². The first-order chi connectivity index (χ1) is 14.0. The van der Waals surface area contributed by atoms with Gasteiger partial charge in [-0.3, -0.25) is 15.0 Å². The first-order valence-electron chi connectivity index (χ1n) is 8.58. The number of ether oxygens (including phenoxy) is 1. The fourth-order valence-corrected chi connectivity index (χ4v) is 2.74. The summed E-state index contributed by atoms with van der Waals surface area (Å²) in [6.07, 6.45) is 4.46. The minimum absolute atomic E-state index is 0.370. The maximum absolute atomic E-state index is 11.4. The van der Waals surface area contributed by atoms with Gasteiger partial charge >= 0.3 is 0 Å². The standard InChI is InChI=1S/C21H17Cl2N3O3/c22-18-7-6-17(12-19(18)23)29-20-8-5-15(11-14(20)4-9-21(27)26-28)25-13-16-3-1-2-10-24-16/h1-12,25,28H,13H2,(H,26,27)/b9-4+. The molecule has 1 aromatic heterocycles. The monoisotopic (exact) mass is 429 g/mol. The third-order valence-corrected chi connectivity index (χ3v) is 4.59. The van der Waals surface area contributed by atoms with Crippen molar-refractivity contribution in [3.63, 3.8) is 0 Å². The molecule has 2 aromatic carbocycles. The summed E-state index contributed by atoms with van der Waals surface area (Å²) in [6.45, 7) is 0.536. The topological polar surface area (TPSA) is 83.5 Å². The molecule has 0 aliphatic carbocycles. The van der Waals surface area contributed by atoms with Gasteiger partial charge in [0.05, 0.1) is 22.3 Å². The number of carbonyl (C=O) groups excluding carboxylic acids is 1. The lowest BCUT2D eigenvalue weighted by molar-refractivity contribution is -0.124. The molecule has 0 radical (unpaired) electrons. The number of amides is 1. The Labute approximate surface area is 177 Å². The smallest absolute Gasteiger partial charge is 0.267 e. The number of nitrogens with zero attached hydrogens (tertiary/aromatic N) is 1. The van der Waals surface area contributed by atoms with E-state index in [0.717, 1.165) is 11.4 Å². The SMILES string of the molecule is O=C(/C=C/c1cc(NCc2ccccn2)ccc1Oc1ccc(Cl)c(Cl)c1)NO. The molecule has 148 valence electrons. The van der Waals surface area contributed by atoms with Crippen LogP contribution in [-0.4, -0.2) is 16.1 Å². The number of rotatable bonds is 7. The Hall–Kier alpha value is -3.06. The van der Waals surface area contributed by atoms with E-state index in [-0.39, 0.29) is 0 Å². The van der Waals surface area contributed by atoms with E-state index < -0.39 is 5.91 Å². The lowest BCUT2D eigenvalue weighted by Gasteiger charge is -2.13. The highest BCUT2D eigenvalue weighted by Gasteiger charge is 2.08. The predicted molar refractivity (Wildman–Crippen MR) is 114 cm³/mol. The molecule has 0 fully saturated rings. The number of halogens is 2. The highest BCUT2D eigenvalue weighted by Crippen LogP contribution is 2.32. The lowest BCUT2D eigenvalue weighted by Crippen LogP contribution is -2.14. The first kappa shape index (κ1) is 20.7. The van der Waals surface area contributed by atoms with E-state index in [2.05, 4.69) is 10.3 Å². The molecule has 3 rings (SSSR count). The van der Waals surface area contributed by atoms with Crippen molar-refractivity contribution in [1.29, 1.82) is 0 Å². The second-order valence-corrected chi connectivity index (χ2v) is 6.73. The van der Waals surface area contributed by atoms with Crippen molar-refractivity contribution in [3.8, 4) is 11.5 Å². The van der Waals surface area contributed by atoms with Gasteiger partial charge in [-0.15, -0.1) is 0 Å². The molecule has 1 heterocycles. The molecule has 0 unspecified atom stereocenters. The van der Waals surface area contributed by atoms with Crippen molar-refractivity contribution in [3.05, 3.63) is 88.2 Å². The fourth-order valence-electron chi connectivity index (χ4n) is 2.45. The van der Waals surface area contributed by atoms with Crippen molar-refractivity contribution in [2.24, 2.45) is 0 Å². The number of anilines is 1. The molecule has 0 spiro atoms. The van der Waals surface area contributed by atoms with Gasteiger partial charge in [0.15, 0.2) is 0 Å². The Morgan fingerprint density at radius 1 is 1.10 bits per heavy atom. The summed E-state index contributed by atoms with van der Waals surface area (Å²) in [5, 5.41) is 12.8. The van der Waals surface area contributed by atoms with Gasteiger partial charge < -0.3 is 10.1 Å². The Morgan fingerprint density at radius 3 is 2.69 bits per heavy atom. The number of hydrogen-bond donors (Lipinski definition) is 3. The van der Waals surface area contributed by atoms with E-state index in [9.17, 15) is 4.79 Å². The largest absolute Gasteiger partial charge is 0.457 e. The average Bonchev–Trinajstić information content (AvgIpc) is 2.75. The molecule has 0 bridgehead atoms. The van der Waals surface area contributed by atoms with Crippen LogP contribution in [0.3, 0.4) is 0 Å². The summed E-state index contributed by atoms with van der Waals surface area (Å²) in [5.41, 5.74) is 3.87. The number of hydrogen-bond acceptors (Lipinski definition) is 5. The van der Waals surface area contributed by atoms with E-state index in [4.69, 9.17) is 33.1 Å². The number of aromatic nitrogens is 1. The maximum atomic E-state index is 11.4. The van der Waals surface area contributed by atoms with Crippen LogP contribution in [0, 0.1) is 0 Å².